The van der Waals surface area contributed by atoms with Gasteiger partial charge in [0.2, 0.25) is 0 Å². The SMILES string of the molecule is NC(=O)NNc1cncnc1. The molecule has 2 amide bonds. The van der Waals surface area contributed by atoms with E-state index in [0.29, 0.717) is 5.69 Å². The Morgan fingerprint density at radius 2 is 2.09 bits per heavy atom. The van der Waals surface area contributed by atoms with Gasteiger partial charge in [-0.25, -0.2) is 14.8 Å². The summed E-state index contributed by atoms with van der Waals surface area (Å²) in [7, 11) is 0. The highest BCUT2D eigenvalue weighted by molar-refractivity contribution is 5.73. The van der Waals surface area contributed by atoms with Gasteiger partial charge in [0.15, 0.2) is 0 Å². The summed E-state index contributed by atoms with van der Waals surface area (Å²) in [6.07, 6.45) is 4.39. The number of nitrogens with zero attached hydrogens (tertiary/aromatic N) is 2. The van der Waals surface area contributed by atoms with Crippen molar-refractivity contribution in [2.24, 2.45) is 5.73 Å². The van der Waals surface area contributed by atoms with Crippen LogP contribution in [0.25, 0.3) is 0 Å². The zero-order valence-electron chi connectivity index (χ0n) is 5.61. The van der Waals surface area contributed by atoms with E-state index in [1.54, 1.807) is 0 Å². The minimum Gasteiger partial charge on any atom is -0.350 e. The fourth-order valence-corrected chi connectivity index (χ4v) is 0.497. The molecule has 0 unspecified atom stereocenters. The van der Waals surface area contributed by atoms with E-state index in [-0.39, 0.29) is 0 Å². The highest BCUT2D eigenvalue weighted by Gasteiger charge is 1.90. The van der Waals surface area contributed by atoms with Gasteiger partial charge < -0.3 is 5.73 Å². The number of hydrazine groups is 1. The van der Waals surface area contributed by atoms with Gasteiger partial charge in [-0.15, -0.1) is 0 Å². The van der Waals surface area contributed by atoms with Crippen molar-refractivity contribution in [1.29, 1.82) is 0 Å². The van der Waals surface area contributed by atoms with E-state index in [4.69, 9.17) is 5.73 Å². The van der Waals surface area contributed by atoms with Crippen LogP contribution in [0.5, 0.6) is 0 Å². The molecule has 0 bridgehead atoms. The van der Waals surface area contributed by atoms with Gasteiger partial charge in [0.25, 0.3) is 0 Å². The lowest BCUT2D eigenvalue weighted by atomic mass is 10.6. The maximum Gasteiger partial charge on any atom is 0.330 e. The molecule has 58 valence electrons. The van der Waals surface area contributed by atoms with Gasteiger partial charge in [0, 0.05) is 0 Å². The molecule has 6 nitrogen and oxygen atoms in total. The van der Waals surface area contributed by atoms with E-state index in [9.17, 15) is 4.79 Å². The molecule has 1 rings (SSSR count). The monoisotopic (exact) mass is 153 g/mol. The van der Waals surface area contributed by atoms with Gasteiger partial charge in [0.05, 0.1) is 18.1 Å². The van der Waals surface area contributed by atoms with E-state index >= 15 is 0 Å². The molecule has 0 aliphatic carbocycles. The average Bonchev–Trinajstić information content (AvgIpc) is 2.03. The summed E-state index contributed by atoms with van der Waals surface area (Å²) < 4.78 is 0. The van der Waals surface area contributed by atoms with Crippen molar-refractivity contribution in [2.75, 3.05) is 5.43 Å². The van der Waals surface area contributed by atoms with Crippen molar-refractivity contribution in [3.05, 3.63) is 18.7 Å². The van der Waals surface area contributed by atoms with Crippen LogP contribution < -0.4 is 16.6 Å². The number of urea groups is 1. The molecule has 1 aromatic rings. The Morgan fingerprint density at radius 3 is 2.64 bits per heavy atom. The topological polar surface area (TPSA) is 92.9 Å². The summed E-state index contributed by atoms with van der Waals surface area (Å²) in [5.74, 6) is 0. The van der Waals surface area contributed by atoms with Crippen LogP contribution in [0.3, 0.4) is 0 Å². The first kappa shape index (κ1) is 7.26. The van der Waals surface area contributed by atoms with E-state index in [2.05, 4.69) is 20.8 Å². The molecule has 11 heavy (non-hydrogen) atoms. The third-order valence-electron chi connectivity index (χ3n) is 0.891. The van der Waals surface area contributed by atoms with Crippen LogP contribution >= 0.6 is 0 Å². The number of rotatable bonds is 2. The largest absolute Gasteiger partial charge is 0.350 e. The number of carbonyl (C=O) groups is 1. The lowest BCUT2D eigenvalue weighted by molar-refractivity contribution is 0.250. The van der Waals surface area contributed by atoms with Crippen LogP contribution in [0, 0.1) is 0 Å². The summed E-state index contributed by atoms with van der Waals surface area (Å²) in [6, 6.07) is -0.658. The molecule has 0 aliphatic heterocycles. The number of carbonyl (C=O) groups excluding carboxylic acids is 1. The smallest absolute Gasteiger partial charge is 0.330 e. The zero-order valence-corrected chi connectivity index (χ0v) is 5.61. The molecule has 1 aromatic heterocycles. The van der Waals surface area contributed by atoms with Crippen molar-refractivity contribution in [3.63, 3.8) is 0 Å². The Balaban J connectivity index is 2.45. The molecule has 0 saturated carbocycles. The predicted molar refractivity (Wildman–Crippen MR) is 38.4 cm³/mol. The average molecular weight is 153 g/mol. The molecule has 0 aliphatic rings. The quantitative estimate of drug-likeness (QED) is 0.498. The lowest BCUT2D eigenvalue weighted by Gasteiger charge is -2.02. The Hall–Kier alpha value is -1.85. The Labute approximate surface area is 62.8 Å². The normalized spacial score (nSPS) is 8.73. The van der Waals surface area contributed by atoms with E-state index in [1.165, 1.54) is 18.7 Å². The van der Waals surface area contributed by atoms with Gasteiger partial charge in [-0.05, 0) is 0 Å². The molecule has 0 saturated heterocycles. The standard InChI is InChI=1S/C5H7N5O/c6-5(11)10-9-4-1-7-3-8-2-4/h1-3,9H,(H3,6,10,11). The van der Waals surface area contributed by atoms with Gasteiger partial charge in [-0.2, -0.15) is 0 Å². The van der Waals surface area contributed by atoms with E-state index in [0.717, 1.165) is 0 Å². The summed E-state index contributed by atoms with van der Waals surface area (Å²) in [4.78, 5) is 17.6. The molecule has 4 N–H and O–H groups in total. The molecule has 0 atom stereocenters. The summed E-state index contributed by atoms with van der Waals surface area (Å²) in [6.45, 7) is 0. The zero-order chi connectivity index (χ0) is 8.10. The number of hydrogen-bond acceptors (Lipinski definition) is 4. The number of amides is 2. The number of anilines is 1. The molecule has 0 aromatic carbocycles. The minimum atomic E-state index is -0.658. The van der Waals surface area contributed by atoms with E-state index < -0.39 is 6.03 Å². The third kappa shape index (κ3) is 2.48. The summed E-state index contributed by atoms with van der Waals surface area (Å²) in [5.41, 5.74) is 10.0. The Kier molecular flexibility index (Phi) is 2.21. The molecule has 6 heteroatoms. The maximum atomic E-state index is 10.2. The molecule has 0 spiro atoms. The second-order valence-corrected chi connectivity index (χ2v) is 1.74. The molecular formula is C5H7N5O. The number of aromatic nitrogens is 2. The second-order valence-electron chi connectivity index (χ2n) is 1.74. The maximum absolute atomic E-state index is 10.2. The van der Waals surface area contributed by atoms with Crippen molar-refractivity contribution in [3.8, 4) is 0 Å². The van der Waals surface area contributed by atoms with Crippen LogP contribution in [-0.4, -0.2) is 16.0 Å². The molecular weight excluding hydrogens is 146 g/mol. The van der Waals surface area contributed by atoms with Gasteiger partial charge in [-0.3, -0.25) is 10.9 Å². The summed E-state index contributed by atoms with van der Waals surface area (Å²) in [5, 5.41) is 0. The summed E-state index contributed by atoms with van der Waals surface area (Å²) >= 11 is 0. The fourth-order valence-electron chi connectivity index (χ4n) is 0.497. The highest BCUT2D eigenvalue weighted by Crippen LogP contribution is 1.96. The lowest BCUT2D eigenvalue weighted by Crippen LogP contribution is -2.34. The number of primary amides is 1. The predicted octanol–water partition coefficient (Wildman–Crippen LogP) is -0.528. The number of nitrogens with two attached hydrogens (primary N) is 1. The van der Waals surface area contributed by atoms with Crippen molar-refractivity contribution < 1.29 is 4.79 Å². The van der Waals surface area contributed by atoms with Crippen molar-refractivity contribution >= 4 is 11.7 Å². The third-order valence-corrected chi connectivity index (χ3v) is 0.891. The Bertz CT molecular complexity index is 236. The minimum absolute atomic E-state index is 0.575. The van der Waals surface area contributed by atoms with Gasteiger partial charge in [0.1, 0.15) is 6.33 Å². The number of nitrogens with one attached hydrogen (secondary N) is 2. The highest BCUT2D eigenvalue weighted by atomic mass is 16.2. The first-order chi connectivity index (χ1) is 5.29. The molecule has 0 radical (unpaired) electrons. The first-order valence-electron chi connectivity index (χ1n) is 2.85. The van der Waals surface area contributed by atoms with Gasteiger partial charge in [-0.1, -0.05) is 0 Å². The van der Waals surface area contributed by atoms with Crippen LogP contribution in [-0.2, 0) is 0 Å². The van der Waals surface area contributed by atoms with Crippen molar-refractivity contribution in [2.45, 2.75) is 0 Å². The number of hydrogen-bond donors (Lipinski definition) is 3. The van der Waals surface area contributed by atoms with Crippen LogP contribution in [0.15, 0.2) is 18.7 Å². The van der Waals surface area contributed by atoms with Crippen LogP contribution in [0.2, 0.25) is 0 Å². The fraction of sp³-hybridized carbons (Fsp3) is 0. The Morgan fingerprint density at radius 1 is 1.45 bits per heavy atom. The van der Waals surface area contributed by atoms with Crippen LogP contribution in [0.4, 0.5) is 10.5 Å². The second kappa shape index (κ2) is 3.35. The van der Waals surface area contributed by atoms with E-state index in [1.807, 2.05) is 0 Å². The van der Waals surface area contributed by atoms with Crippen molar-refractivity contribution in [1.82, 2.24) is 15.4 Å². The molecule has 1 heterocycles. The van der Waals surface area contributed by atoms with Gasteiger partial charge >= 0.3 is 6.03 Å². The first-order valence-corrected chi connectivity index (χ1v) is 2.85. The van der Waals surface area contributed by atoms with Crippen LogP contribution in [0.1, 0.15) is 0 Å². The molecule has 0 fully saturated rings.